The van der Waals surface area contributed by atoms with Crippen LogP contribution in [0.5, 0.6) is 5.75 Å². The van der Waals surface area contributed by atoms with Crippen LogP contribution in [0.3, 0.4) is 0 Å². The number of non-ortho nitro benzene ring substituents is 1. The lowest BCUT2D eigenvalue weighted by Gasteiger charge is -2.03. The summed E-state index contributed by atoms with van der Waals surface area (Å²) in [4.78, 5) is 21.9. The molecule has 0 spiro atoms. The SMILES string of the molecule is Cc1cc(C)n(CC(=O)N/N=C/c2cc([N+](=O)[O-])ccc2O)n1. The van der Waals surface area contributed by atoms with E-state index in [0.29, 0.717) is 0 Å². The van der Waals surface area contributed by atoms with Gasteiger partial charge >= 0.3 is 0 Å². The Balaban J connectivity index is 2.01. The summed E-state index contributed by atoms with van der Waals surface area (Å²) in [7, 11) is 0. The highest BCUT2D eigenvalue weighted by molar-refractivity contribution is 5.85. The molecule has 9 nitrogen and oxygen atoms in total. The van der Waals surface area contributed by atoms with Crippen LogP contribution in [0.4, 0.5) is 5.69 Å². The molecular formula is C14H15N5O4. The molecule has 0 fully saturated rings. The average molecular weight is 317 g/mol. The normalized spacial score (nSPS) is 10.9. The van der Waals surface area contributed by atoms with Crippen LogP contribution >= 0.6 is 0 Å². The molecule has 1 amide bonds. The molecule has 1 heterocycles. The van der Waals surface area contributed by atoms with Gasteiger partial charge in [0.2, 0.25) is 0 Å². The van der Waals surface area contributed by atoms with E-state index in [-0.39, 0.29) is 23.5 Å². The molecule has 0 saturated carbocycles. The van der Waals surface area contributed by atoms with E-state index >= 15 is 0 Å². The summed E-state index contributed by atoms with van der Waals surface area (Å²) in [5.41, 5.74) is 3.88. The molecule has 1 aromatic carbocycles. The molecule has 1 aromatic heterocycles. The van der Waals surface area contributed by atoms with Gasteiger partial charge in [0.05, 0.1) is 16.8 Å². The van der Waals surface area contributed by atoms with Gasteiger partial charge in [-0.05, 0) is 26.0 Å². The Morgan fingerprint density at radius 2 is 2.22 bits per heavy atom. The lowest BCUT2D eigenvalue weighted by Crippen LogP contribution is -2.24. The van der Waals surface area contributed by atoms with E-state index in [0.717, 1.165) is 23.7 Å². The second-order valence-corrected chi connectivity index (χ2v) is 4.88. The molecule has 0 bridgehead atoms. The number of rotatable bonds is 5. The molecular weight excluding hydrogens is 302 g/mol. The van der Waals surface area contributed by atoms with Gasteiger partial charge in [-0.3, -0.25) is 19.6 Å². The first-order valence-electron chi connectivity index (χ1n) is 6.67. The molecule has 0 aliphatic rings. The maximum absolute atomic E-state index is 11.8. The van der Waals surface area contributed by atoms with Gasteiger partial charge in [-0.1, -0.05) is 0 Å². The first-order chi connectivity index (χ1) is 10.9. The number of phenolic OH excluding ortho intramolecular Hbond substituents is 1. The molecule has 0 unspecified atom stereocenters. The van der Waals surface area contributed by atoms with Crippen molar-refractivity contribution in [2.24, 2.45) is 5.10 Å². The molecule has 120 valence electrons. The van der Waals surface area contributed by atoms with E-state index in [9.17, 15) is 20.0 Å². The second kappa shape index (κ2) is 6.69. The first kappa shape index (κ1) is 16.1. The molecule has 0 aliphatic heterocycles. The van der Waals surface area contributed by atoms with Crippen molar-refractivity contribution in [1.29, 1.82) is 0 Å². The van der Waals surface area contributed by atoms with Crippen molar-refractivity contribution in [3.8, 4) is 5.75 Å². The van der Waals surface area contributed by atoms with E-state index in [1.54, 1.807) is 0 Å². The topological polar surface area (TPSA) is 123 Å². The predicted molar refractivity (Wildman–Crippen MR) is 82.2 cm³/mol. The number of amides is 1. The number of aryl methyl sites for hydroxylation is 2. The van der Waals surface area contributed by atoms with E-state index < -0.39 is 10.8 Å². The number of nitro benzene ring substituents is 1. The van der Waals surface area contributed by atoms with Gasteiger partial charge in [0.25, 0.3) is 11.6 Å². The minimum absolute atomic E-state index is 0.00205. The first-order valence-corrected chi connectivity index (χ1v) is 6.67. The molecule has 2 aromatic rings. The molecule has 23 heavy (non-hydrogen) atoms. The van der Waals surface area contributed by atoms with Gasteiger partial charge < -0.3 is 5.11 Å². The number of carbonyl (C=O) groups excluding carboxylic acids is 1. The Morgan fingerprint density at radius 3 is 2.83 bits per heavy atom. The number of nitrogens with one attached hydrogen (secondary N) is 1. The zero-order valence-electron chi connectivity index (χ0n) is 12.6. The smallest absolute Gasteiger partial charge is 0.270 e. The van der Waals surface area contributed by atoms with Crippen molar-refractivity contribution in [1.82, 2.24) is 15.2 Å². The van der Waals surface area contributed by atoms with Gasteiger partial charge in [-0.15, -0.1) is 0 Å². The lowest BCUT2D eigenvalue weighted by atomic mass is 10.2. The van der Waals surface area contributed by atoms with Crippen molar-refractivity contribution in [3.05, 3.63) is 51.3 Å². The number of aromatic hydroxyl groups is 1. The van der Waals surface area contributed by atoms with Crippen molar-refractivity contribution < 1.29 is 14.8 Å². The quantitative estimate of drug-likeness (QED) is 0.488. The number of carbonyl (C=O) groups is 1. The fraction of sp³-hybridized carbons (Fsp3) is 0.214. The summed E-state index contributed by atoms with van der Waals surface area (Å²) in [6, 6.07) is 5.37. The van der Waals surface area contributed by atoms with Gasteiger partial charge in [0, 0.05) is 23.4 Å². The molecule has 0 atom stereocenters. The molecule has 0 aliphatic carbocycles. The molecule has 2 N–H and O–H groups in total. The standard InChI is InChI=1S/C14H15N5O4/c1-9-5-10(2)18(17-9)8-14(21)16-15-7-11-6-12(19(22)23)3-4-13(11)20/h3-7,20H,8H2,1-2H3,(H,16,21)/b15-7+. The van der Waals surface area contributed by atoms with E-state index in [1.807, 2.05) is 19.9 Å². The maximum atomic E-state index is 11.8. The number of phenols is 1. The zero-order chi connectivity index (χ0) is 17.0. The van der Waals surface area contributed by atoms with Crippen LogP contribution in [0.25, 0.3) is 0 Å². The average Bonchev–Trinajstić information content (AvgIpc) is 2.78. The molecule has 0 saturated heterocycles. The highest BCUT2D eigenvalue weighted by atomic mass is 16.6. The van der Waals surface area contributed by atoms with Crippen molar-refractivity contribution in [2.75, 3.05) is 0 Å². The fourth-order valence-corrected chi connectivity index (χ4v) is 1.94. The zero-order valence-corrected chi connectivity index (χ0v) is 12.6. The van der Waals surface area contributed by atoms with Crippen LogP contribution in [0.1, 0.15) is 17.0 Å². The summed E-state index contributed by atoms with van der Waals surface area (Å²) in [6.45, 7) is 3.65. The summed E-state index contributed by atoms with van der Waals surface area (Å²) < 4.78 is 1.53. The van der Waals surface area contributed by atoms with E-state index in [1.165, 1.54) is 16.8 Å². The number of hydrogen-bond donors (Lipinski definition) is 2. The van der Waals surface area contributed by atoms with Gasteiger partial charge in [0.15, 0.2) is 0 Å². The van der Waals surface area contributed by atoms with Crippen molar-refractivity contribution in [2.45, 2.75) is 20.4 Å². The predicted octanol–water partition coefficient (Wildman–Crippen LogP) is 1.26. The largest absolute Gasteiger partial charge is 0.507 e. The second-order valence-electron chi connectivity index (χ2n) is 4.88. The lowest BCUT2D eigenvalue weighted by molar-refractivity contribution is -0.384. The summed E-state index contributed by atoms with van der Waals surface area (Å²) in [5, 5.41) is 28.1. The third-order valence-corrected chi connectivity index (χ3v) is 3.01. The minimum Gasteiger partial charge on any atom is -0.507 e. The van der Waals surface area contributed by atoms with Crippen LogP contribution in [-0.2, 0) is 11.3 Å². The minimum atomic E-state index is -0.585. The van der Waals surface area contributed by atoms with Crippen LogP contribution in [0.2, 0.25) is 0 Å². The Labute approximate surface area is 131 Å². The van der Waals surface area contributed by atoms with Crippen LogP contribution < -0.4 is 5.43 Å². The van der Waals surface area contributed by atoms with Gasteiger partial charge in [0.1, 0.15) is 12.3 Å². The summed E-state index contributed by atoms with van der Waals surface area (Å²) >= 11 is 0. The van der Waals surface area contributed by atoms with Crippen molar-refractivity contribution >= 4 is 17.8 Å². The number of aromatic nitrogens is 2. The molecule has 9 heteroatoms. The number of hydrazone groups is 1. The Morgan fingerprint density at radius 1 is 1.48 bits per heavy atom. The third kappa shape index (κ3) is 4.13. The Kier molecular flexibility index (Phi) is 4.69. The number of hydrogen-bond acceptors (Lipinski definition) is 6. The van der Waals surface area contributed by atoms with Crippen LogP contribution in [0.15, 0.2) is 29.4 Å². The highest BCUT2D eigenvalue weighted by Gasteiger charge is 2.09. The number of benzene rings is 1. The highest BCUT2D eigenvalue weighted by Crippen LogP contribution is 2.21. The molecule has 2 rings (SSSR count). The van der Waals surface area contributed by atoms with Crippen LogP contribution in [0, 0.1) is 24.0 Å². The van der Waals surface area contributed by atoms with E-state index in [4.69, 9.17) is 0 Å². The number of nitro groups is 1. The van der Waals surface area contributed by atoms with Gasteiger partial charge in [-0.25, -0.2) is 5.43 Å². The molecule has 0 radical (unpaired) electrons. The van der Waals surface area contributed by atoms with Crippen LogP contribution in [-0.4, -0.2) is 31.9 Å². The fourth-order valence-electron chi connectivity index (χ4n) is 1.94. The van der Waals surface area contributed by atoms with Crippen molar-refractivity contribution in [3.63, 3.8) is 0 Å². The maximum Gasteiger partial charge on any atom is 0.270 e. The van der Waals surface area contributed by atoms with E-state index in [2.05, 4.69) is 15.6 Å². The Bertz CT molecular complexity index is 781. The summed E-state index contributed by atoms with van der Waals surface area (Å²) in [6.07, 6.45) is 1.14. The Hall–Kier alpha value is -3.23. The monoisotopic (exact) mass is 317 g/mol. The number of nitrogens with zero attached hydrogens (tertiary/aromatic N) is 4. The van der Waals surface area contributed by atoms with Gasteiger partial charge in [-0.2, -0.15) is 10.2 Å². The summed E-state index contributed by atoms with van der Waals surface area (Å²) in [5.74, 6) is -0.579. The third-order valence-electron chi connectivity index (χ3n) is 3.01.